The fourth-order valence-corrected chi connectivity index (χ4v) is 4.63. The van der Waals surface area contributed by atoms with Gasteiger partial charge in [-0.3, -0.25) is 14.5 Å². The van der Waals surface area contributed by atoms with E-state index in [1.807, 2.05) is 13.8 Å². The maximum Gasteiger partial charge on any atom is 0.251 e. The van der Waals surface area contributed by atoms with Gasteiger partial charge in [0.2, 0.25) is 5.91 Å². The van der Waals surface area contributed by atoms with Crippen LogP contribution in [0.15, 0.2) is 0 Å². The molecule has 0 spiro atoms. The number of fused-ring (bicyclic) bond motifs is 1. The van der Waals surface area contributed by atoms with Crippen molar-refractivity contribution in [2.24, 2.45) is 5.73 Å². The molecule has 1 aliphatic heterocycles. The predicted octanol–water partition coefficient (Wildman–Crippen LogP) is 1.38. The minimum absolute atomic E-state index is 0.0958. The van der Waals surface area contributed by atoms with E-state index in [0.717, 1.165) is 37.9 Å². The van der Waals surface area contributed by atoms with Crippen molar-refractivity contribution in [1.82, 2.24) is 4.90 Å². The smallest absolute Gasteiger partial charge is 0.251 e. The zero-order valence-electron chi connectivity index (χ0n) is 13.6. The SMILES string of the molecule is C[C@@H]1CN([C@@H](C)C(=O)Nc2sc3c(c2C(N)=O)CCC3)CCO1. The summed E-state index contributed by atoms with van der Waals surface area (Å²) in [6.45, 7) is 6.00. The van der Waals surface area contributed by atoms with Crippen molar-refractivity contribution in [3.63, 3.8) is 0 Å². The van der Waals surface area contributed by atoms with Gasteiger partial charge in [-0.05, 0) is 38.7 Å². The van der Waals surface area contributed by atoms with E-state index in [1.165, 1.54) is 16.2 Å². The van der Waals surface area contributed by atoms with Crippen LogP contribution in [0.5, 0.6) is 0 Å². The van der Waals surface area contributed by atoms with E-state index in [1.54, 1.807) is 0 Å². The maximum absolute atomic E-state index is 12.6. The number of aryl methyl sites for hydroxylation is 1. The molecule has 126 valence electrons. The van der Waals surface area contributed by atoms with Crippen LogP contribution in [0.25, 0.3) is 0 Å². The molecule has 3 N–H and O–H groups in total. The average molecular weight is 337 g/mol. The molecule has 3 rings (SSSR count). The number of nitrogens with zero attached hydrogens (tertiary/aromatic N) is 1. The van der Waals surface area contributed by atoms with E-state index in [-0.39, 0.29) is 18.1 Å². The van der Waals surface area contributed by atoms with Crippen molar-refractivity contribution in [1.29, 1.82) is 0 Å². The van der Waals surface area contributed by atoms with E-state index in [4.69, 9.17) is 10.5 Å². The highest BCUT2D eigenvalue weighted by molar-refractivity contribution is 7.17. The molecule has 2 aliphatic rings. The van der Waals surface area contributed by atoms with Gasteiger partial charge in [0.1, 0.15) is 5.00 Å². The Morgan fingerprint density at radius 3 is 2.91 bits per heavy atom. The van der Waals surface area contributed by atoms with Crippen LogP contribution in [-0.2, 0) is 22.4 Å². The van der Waals surface area contributed by atoms with Gasteiger partial charge in [0.15, 0.2) is 0 Å². The summed E-state index contributed by atoms with van der Waals surface area (Å²) in [6.07, 6.45) is 3.02. The molecular formula is C16H23N3O3S. The third-order valence-electron chi connectivity index (χ3n) is 4.60. The molecule has 1 saturated heterocycles. The standard InChI is InChI=1S/C16H23N3O3S/c1-9-8-19(6-7-22-9)10(2)15(21)18-16-13(14(17)20)11-4-3-5-12(11)23-16/h9-10H,3-8H2,1-2H3,(H2,17,20)(H,18,21)/t9-,10+/m1/s1. The number of rotatable bonds is 4. The molecule has 2 atom stereocenters. The molecule has 2 heterocycles. The van der Waals surface area contributed by atoms with Crippen LogP contribution >= 0.6 is 11.3 Å². The number of morpholine rings is 1. The zero-order chi connectivity index (χ0) is 16.6. The second-order valence-corrected chi connectivity index (χ2v) is 7.37. The Bertz CT molecular complexity index is 628. The Morgan fingerprint density at radius 1 is 1.43 bits per heavy atom. The first-order valence-electron chi connectivity index (χ1n) is 8.08. The van der Waals surface area contributed by atoms with E-state index < -0.39 is 5.91 Å². The molecule has 1 aromatic rings. The first-order valence-corrected chi connectivity index (χ1v) is 8.90. The van der Waals surface area contributed by atoms with Gasteiger partial charge in [-0.2, -0.15) is 0 Å². The van der Waals surface area contributed by atoms with Crippen LogP contribution in [0.2, 0.25) is 0 Å². The summed E-state index contributed by atoms with van der Waals surface area (Å²) >= 11 is 1.49. The highest BCUT2D eigenvalue weighted by Gasteiger charge is 2.30. The van der Waals surface area contributed by atoms with E-state index >= 15 is 0 Å². The number of carbonyl (C=O) groups is 2. The van der Waals surface area contributed by atoms with Crippen LogP contribution in [-0.4, -0.2) is 48.6 Å². The maximum atomic E-state index is 12.6. The first kappa shape index (κ1) is 16.4. The largest absolute Gasteiger partial charge is 0.376 e. The summed E-state index contributed by atoms with van der Waals surface area (Å²) < 4.78 is 5.52. The summed E-state index contributed by atoms with van der Waals surface area (Å²) in [5, 5.41) is 3.54. The Labute approximate surface area is 140 Å². The van der Waals surface area contributed by atoms with Gasteiger partial charge in [0.05, 0.1) is 24.3 Å². The van der Waals surface area contributed by atoms with Crippen molar-refractivity contribution in [2.75, 3.05) is 25.0 Å². The van der Waals surface area contributed by atoms with Crippen molar-refractivity contribution in [3.05, 3.63) is 16.0 Å². The zero-order valence-corrected chi connectivity index (χ0v) is 14.4. The summed E-state index contributed by atoms with van der Waals surface area (Å²) in [5.74, 6) is -0.547. The number of thiophene rings is 1. The Balaban J connectivity index is 1.74. The van der Waals surface area contributed by atoms with Crippen molar-refractivity contribution in [3.8, 4) is 0 Å². The van der Waals surface area contributed by atoms with Crippen molar-refractivity contribution in [2.45, 2.75) is 45.3 Å². The van der Waals surface area contributed by atoms with E-state index in [9.17, 15) is 9.59 Å². The van der Waals surface area contributed by atoms with Gasteiger partial charge in [0.25, 0.3) is 5.91 Å². The van der Waals surface area contributed by atoms with Crippen molar-refractivity contribution < 1.29 is 14.3 Å². The summed E-state index contributed by atoms with van der Waals surface area (Å²) in [6, 6.07) is -0.265. The molecule has 7 heteroatoms. The van der Waals surface area contributed by atoms with Crippen LogP contribution in [0.1, 0.15) is 41.1 Å². The third-order valence-corrected chi connectivity index (χ3v) is 5.81. The number of ether oxygens (including phenoxy) is 1. The van der Waals surface area contributed by atoms with Crippen LogP contribution < -0.4 is 11.1 Å². The average Bonchev–Trinajstić information content (AvgIpc) is 3.06. The number of primary amides is 1. The van der Waals surface area contributed by atoms with Crippen LogP contribution in [0.4, 0.5) is 5.00 Å². The Morgan fingerprint density at radius 2 is 2.22 bits per heavy atom. The molecular weight excluding hydrogens is 314 g/mol. The molecule has 0 unspecified atom stereocenters. The lowest BCUT2D eigenvalue weighted by atomic mass is 10.1. The van der Waals surface area contributed by atoms with Crippen LogP contribution in [0.3, 0.4) is 0 Å². The molecule has 0 radical (unpaired) electrons. The highest BCUT2D eigenvalue weighted by atomic mass is 32.1. The fourth-order valence-electron chi connectivity index (χ4n) is 3.33. The second-order valence-electron chi connectivity index (χ2n) is 6.27. The lowest BCUT2D eigenvalue weighted by Crippen LogP contribution is -2.50. The van der Waals surface area contributed by atoms with Gasteiger partial charge in [-0.25, -0.2) is 0 Å². The highest BCUT2D eigenvalue weighted by Crippen LogP contribution is 2.38. The van der Waals surface area contributed by atoms with Gasteiger partial charge >= 0.3 is 0 Å². The van der Waals surface area contributed by atoms with E-state index in [2.05, 4.69) is 10.2 Å². The molecule has 2 amide bonds. The number of hydrogen-bond donors (Lipinski definition) is 2. The monoisotopic (exact) mass is 337 g/mol. The quantitative estimate of drug-likeness (QED) is 0.869. The molecule has 23 heavy (non-hydrogen) atoms. The van der Waals surface area contributed by atoms with Gasteiger partial charge < -0.3 is 15.8 Å². The minimum Gasteiger partial charge on any atom is -0.376 e. The molecule has 6 nitrogen and oxygen atoms in total. The number of carbonyl (C=O) groups excluding carboxylic acids is 2. The molecule has 0 bridgehead atoms. The lowest BCUT2D eigenvalue weighted by Gasteiger charge is -2.34. The van der Waals surface area contributed by atoms with Gasteiger partial charge in [0, 0.05) is 18.0 Å². The molecule has 0 saturated carbocycles. The summed E-state index contributed by atoms with van der Waals surface area (Å²) in [7, 11) is 0. The number of nitrogens with one attached hydrogen (secondary N) is 1. The Hall–Kier alpha value is -1.44. The number of hydrogen-bond acceptors (Lipinski definition) is 5. The summed E-state index contributed by atoms with van der Waals surface area (Å²) in [5.41, 5.74) is 7.08. The fraction of sp³-hybridized carbons (Fsp3) is 0.625. The third kappa shape index (κ3) is 3.27. The van der Waals surface area contributed by atoms with E-state index in [0.29, 0.717) is 17.2 Å². The molecule has 1 aliphatic carbocycles. The number of amides is 2. The Kier molecular flexibility index (Phi) is 4.70. The lowest BCUT2D eigenvalue weighted by molar-refractivity contribution is -0.123. The van der Waals surface area contributed by atoms with Crippen LogP contribution in [0, 0.1) is 0 Å². The van der Waals surface area contributed by atoms with Crippen molar-refractivity contribution >= 4 is 28.2 Å². The molecule has 0 aromatic carbocycles. The summed E-state index contributed by atoms with van der Waals surface area (Å²) in [4.78, 5) is 27.7. The molecule has 1 fully saturated rings. The number of anilines is 1. The first-order chi connectivity index (χ1) is 11.0. The number of nitrogens with two attached hydrogens (primary N) is 1. The molecule has 1 aromatic heterocycles. The van der Waals surface area contributed by atoms with Gasteiger partial charge in [-0.15, -0.1) is 11.3 Å². The normalized spacial score (nSPS) is 22.6. The topological polar surface area (TPSA) is 84.7 Å². The van der Waals surface area contributed by atoms with Gasteiger partial charge in [-0.1, -0.05) is 0 Å². The second kappa shape index (κ2) is 6.59. The minimum atomic E-state index is -0.452. The predicted molar refractivity (Wildman–Crippen MR) is 89.9 cm³/mol.